The molecular weight excluding hydrogens is 292 g/mol. The highest BCUT2D eigenvalue weighted by atomic mass is 79.9. The van der Waals surface area contributed by atoms with Crippen LogP contribution in [0.4, 0.5) is 0 Å². The molecule has 0 aliphatic carbocycles. The van der Waals surface area contributed by atoms with Crippen molar-refractivity contribution >= 4 is 33.7 Å². The zero-order valence-corrected chi connectivity index (χ0v) is 11.2. The minimum absolute atomic E-state index is 0.266. The second kappa shape index (κ2) is 6.27. The molecule has 1 aromatic carbocycles. The average molecular weight is 305 g/mol. The van der Waals surface area contributed by atoms with E-state index in [1.807, 2.05) is 6.07 Å². The summed E-state index contributed by atoms with van der Waals surface area (Å²) in [5, 5.41) is 18.0. The molecule has 0 aromatic heterocycles. The van der Waals surface area contributed by atoms with Gasteiger partial charge >= 0.3 is 5.97 Å². The van der Waals surface area contributed by atoms with E-state index in [1.165, 1.54) is 0 Å². The molecule has 16 heavy (non-hydrogen) atoms. The lowest BCUT2D eigenvalue weighted by Crippen LogP contribution is -2.01. The highest BCUT2D eigenvalue weighted by molar-refractivity contribution is 9.10. The Morgan fingerprint density at radius 1 is 1.56 bits per heavy atom. The maximum Gasteiger partial charge on any atom is 0.336 e. The van der Waals surface area contributed by atoms with Crippen molar-refractivity contribution in [3.8, 4) is 0 Å². The smallest absolute Gasteiger partial charge is 0.336 e. The van der Waals surface area contributed by atoms with Crippen LogP contribution in [-0.4, -0.2) is 28.0 Å². The molecule has 3 nitrogen and oxygen atoms in total. The van der Waals surface area contributed by atoms with E-state index in [0.29, 0.717) is 10.9 Å². The maximum absolute atomic E-state index is 10.9. The van der Waals surface area contributed by atoms with Crippen molar-refractivity contribution in [2.75, 3.05) is 5.75 Å². The van der Waals surface area contributed by atoms with E-state index in [4.69, 9.17) is 10.2 Å². The van der Waals surface area contributed by atoms with Crippen LogP contribution in [0.5, 0.6) is 0 Å². The predicted octanol–water partition coefficient (Wildman–Crippen LogP) is 3.01. The molecular formula is C11H13BrO3S. The number of thioether (sulfide) groups is 1. The van der Waals surface area contributed by atoms with Gasteiger partial charge in [0.15, 0.2) is 0 Å². The van der Waals surface area contributed by atoms with Gasteiger partial charge in [-0.15, -0.1) is 11.8 Å². The molecule has 0 spiro atoms. The van der Waals surface area contributed by atoms with E-state index in [1.54, 1.807) is 30.8 Å². The molecule has 88 valence electrons. The van der Waals surface area contributed by atoms with E-state index in [0.717, 1.165) is 10.6 Å². The van der Waals surface area contributed by atoms with E-state index < -0.39 is 5.97 Å². The normalized spacial score (nSPS) is 12.4. The SMILES string of the molecule is CC(O)CCSc1ccc(Br)c(C(=O)O)c1. The molecule has 0 heterocycles. The number of halogens is 1. The molecule has 0 fully saturated rings. The Labute approximate surface area is 107 Å². The van der Waals surface area contributed by atoms with E-state index in [2.05, 4.69) is 15.9 Å². The van der Waals surface area contributed by atoms with Gasteiger partial charge in [-0.25, -0.2) is 4.79 Å². The minimum Gasteiger partial charge on any atom is -0.478 e. The standard InChI is InChI=1S/C11H13BrO3S/c1-7(13)4-5-16-8-2-3-10(12)9(6-8)11(14)15/h2-3,6-7,13H,4-5H2,1H3,(H,14,15). The van der Waals surface area contributed by atoms with Crippen molar-refractivity contribution in [2.24, 2.45) is 0 Å². The van der Waals surface area contributed by atoms with Crippen LogP contribution >= 0.6 is 27.7 Å². The molecule has 0 aliphatic heterocycles. The number of carboxylic acid groups (broad SMARTS) is 1. The van der Waals surface area contributed by atoms with Crippen molar-refractivity contribution < 1.29 is 15.0 Å². The summed E-state index contributed by atoms with van der Waals surface area (Å²) >= 11 is 4.74. The fraction of sp³-hybridized carbons (Fsp3) is 0.364. The molecule has 0 bridgehead atoms. The summed E-state index contributed by atoms with van der Waals surface area (Å²) in [5.41, 5.74) is 0.266. The van der Waals surface area contributed by atoms with Gasteiger partial charge in [-0.1, -0.05) is 0 Å². The van der Waals surface area contributed by atoms with Crippen LogP contribution in [0.2, 0.25) is 0 Å². The van der Waals surface area contributed by atoms with Gasteiger partial charge in [-0.05, 0) is 47.5 Å². The molecule has 0 aliphatic rings. The predicted molar refractivity (Wildman–Crippen MR) is 68.1 cm³/mol. The zero-order valence-electron chi connectivity index (χ0n) is 8.81. The third-order valence-electron chi connectivity index (χ3n) is 1.97. The summed E-state index contributed by atoms with van der Waals surface area (Å²) in [7, 11) is 0. The van der Waals surface area contributed by atoms with Gasteiger partial charge in [0.25, 0.3) is 0 Å². The summed E-state index contributed by atoms with van der Waals surface area (Å²) in [4.78, 5) is 11.8. The van der Waals surface area contributed by atoms with Crippen molar-refractivity contribution in [2.45, 2.75) is 24.3 Å². The molecule has 0 saturated heterocycles. The second-order valence-corrected chi connectivity index (χ2v) is 5.46. The van der Waals surface area contributed by atoms with Crippen molar-refractivity contribution in [3.63, 3.8) is 0 Å². The topological polar surface area (TPSA) is 57.5 Å². The fourth-order valence-electron chi connectivity index (χ4n) is 1.11. The van der Waals surface area contributed by atoms with Crippen LogP contribution in [0.15, 0.2) is 27.6 Å². The van der Waals surface area contributed by atoms with E-state index >= 15 is 0 Å². The molecule has 5 heteroatoms. The Bertz CT molecular complexity index is 379. The van der Waals surface area contributed by atoms with Crippen molar-refractivity contribution in [1.29, 1.82) is 0 Å². The first-order valence-electron chi connectivity index (χ1n) is 4.84. The third-order valence-corrected chi connectivity index (χ3v) is 3.69. The summed E-state index contributed by atoms with van der Waals surface area (Å²) in [6.45, 7) is 1.74. The fourth-order valence-corrected chi connectivity index (χ4v) is 2.58. The van der Waals surface area contributed by atoms with Gasteiger partial charge in [-0.3, -0.25) is 0 Å². The number of hydrogen-bond donors (Lipinski definition) is 2. The lowest BCUT2D eigenvalue weighted by atomic mass is 10.2. The van der Waals surface area contributed by atoms with Crippen LogP contribution in [-0.2, 0) is 0 Å². The Hall–Kier alpha value is -0.520. The Balaban J connectivity index is 2.68. The first-order valence-corrected chi connectivity index (χ1v) is 6.62. The van der Waals surface area contributed by atoms with Crippen LogP contribution in [0, 0.1) is 0 Å². The summed E-state index contributed by atoms with van der Waals surface area (Å²) in [5.74, 6) is -0.164. The summed E-state index contributed by atoms with van der Waals surface area (Å²) in [6.07, 6.45) is 0.380. The molecule has 1 rings (SSSR count). The van der Waals surface area contributed by atoms with E-state index in [9.17, 15) is 4.79 Å². The number of carboxylic acids is 1. The van der Waals surface area contributed by atoms with Crippen LogP contribution in [0.3, 0.4) is 0 Å². The minimum atomic E-state index is -0.940. The molecule has 0 saturated carbocycles. The van der Waals surface area contributed by atoms with Gasteiger partial charge in [0.05, 0.1) is 11.7 Å². The van der Waals surface area contributed by atoms with Crippen molar-refractivity contribution in [1.82, 2.24) is 0 Å². The highest BCUT2D eigenvalue weighted by Gasteiger charge is 2.09. The molecule has 2 N–H and O–H groups in total. The number of carbonyl (C=O) groups is 1. The maximum atomic E-state index is 10.9. The van der Waals surface area contributed by atoms with Gasteiger partial charge in [-0.2, -0.15) is 0 Å². The Kier molecular flexibility index (Phi) is 5.31. The Morgan fingerprint density at radius 2 is 2.25 bits per heavy atom. The number of rotatable bonds is 5. The summed E-state index contributed by atoms with van der Waals surface area (Å²) in [6, 6.07) is 5.23. The number of hydrogen-bond acceptors (Lipinski definition) is 3. The highest BCUT2D eigenvalue weighted by Crippen LogP contribution is 2.25. The number of aliphatic hydroxyl groups is 1. The van der Waals surface area contributed by atoms with Crippen LogP contribution < -0.4 is 0 Å². The molecule has 1 unspecified atom stereocenters. The molecule has 1 aromatic rings. The molecule has 0 radical (unpaired) electrons. The van der Waals surface area contributed by atoms with Gasteiger partial charge in [0, 0.05) is 15.1 Å². The monoisotopic (exact) mass is 304 g/mol. The zero-order chi connectivity index (χ0) is 12.1. The van der Waals surface area contributed by atoms with Crippen LogP contribution in [0.25, 0.3) is 0 Å². The van der Waals surface area contributed by atoms with Crippen molar-refractivity contribution in [3.05, 3.63) is 28.2 Å². The lowest BCUT2D eigenvalue weighted by molar-refractivity contribution is 0.0695. The average Bonchev–Trinajstić information content (AvgIpc) is 2.19. The quantitative estimate of drug-likeness (QED) is 0.821. The van der Waals surface area contributed by atoms with Gasteiger partial charge < -0.3 is 10.2 Å². The largest absolute Gasteiger partial charge is 0.478 e. The first kappa shape index (κ1) is 13.5. The first-order chi connectivity index (χ1) is 7.50. The second-order valence-electron chi connectivity index (χ2n) is 3.43. The number of aromatic carboxylic acids is 1. The lowest BCUT2D eigenvalue weighted by Gasteiger charge is -2.06. The van der Waals surface area contributed by atoms with Crippen LogP contribution in [0.1, 0.15) is 23.7 Å². The third kappa shape index (κ3) is 4.15. The molecule has 1 atom stereocenters. The molecule has 0 amide bonds. The van der Waals surface area contributed by atoms with Gasteiger partial charge in [0.1, 0.15) is 0 Å². The number of aliphatic hydroxyl groups excluding tert-OH is 1. The van der Waals surface area contributed by atoms with E-state index in [-0.39, 0.29) is 11.7 Å². The van der Waals surface area contributed by atoms with Gasteiger partial charge in [0.2, 0.25) is 0 Å². The Morgan fingerprint density at radius 3 is 2.81 bits per heavy atom. The summed E-state index contributed by atoms with van der Waals surface area (Å²) < 4.78 is 0.583. The number of benzene rings is 1.